The van der Waals surface area contributed by atoms with Gasteiger partial charge in [-0.2, -0.15) is 0 Å². The molecule has 0 spiro atoms. The van der Waals surface area contributed by atoms with E-state index in [4.69, 9.17) is 4.42 Å². The minimum Gasteiger partial charge on any atom is -0.408 e. The zero-order valence-electron chi connectivity index (χ0n) is 11.0. The van der Waals surface area contributed by atoms with Crippen molar-refractivity contribution in [3.63, 3.8) is 0 Å². The fraction of sp³-hybridized carbons (Fsp3) is 0.462. The van der Waals surface area contributed by atoms with Gasteiger partial charge in [0, 0.05) is 45.0 Å². The molecule has 19 heavy (non-hydrogen) atoms. The highest BCUT2D eigenvalue weighted by atomic mass is 16.4. The Morgan fingerprint density at radius 3 is 2.95 bits per heavy atom. The molecule has 2 heterocycles. The normalized spacial score (nSPS) is 16.9. The van der Waals surface area contributed by atoms with Gasteiger partial charge in [0.2, 0.25) is 0 Å². The first-order valence-corrected chi connectivity index (χ1v) is 6.49. The molecule has 1 aliphatic heterocycles. The van der Waals surface area contributed by atoms with Crippen LogP contribution in [0, 0.1) is 0 Å². The second kappa shape index (κ2) is 5.07. The van der Waals surface area contributed by atoms with Gasteiger partial charge in [0.1, 0.15) is 0 Å². The van der Waals surface area contributed by atoms with Gasteiger partial charge in [-0.1, -0.05) is 0 Å². The van der Waals surface area contributed by atoms with E-state index in [9.17, 15) is 4.79 Å². The zero-order chi connectivity index (χ0) is 13.2. The van der Waals surface area contributed by atoms with Gasteiger partial charge in [-0.3, -0.25) is 9.88 Å². The Bertz CT molecular complexity index is 612. The Kier molecular flexibility index (Phi) is 3.27. The summed E-state index contributed by atoms with van der Waals surface area (Å²) in [5.74, 6) is -0.406. The number of anilines is 1. The van der Waals surface area contributed by atoms with E-state index < -0.39 is 5.76 Å². The number of rotatable bonds is 3. The van der Waals surface area contributed by atoms with E-state index >= 15 is 0 Å². The minimum absolute atomic E-state index is 0.406. The third-order valence-corrected chi connectivity index (χ3v) is 3.47. The predicted octanol–water partition coefficient (Wildman–Crippen LogP) is 0.420. The SMILES string of the molecule is CN(CN1CCNCC1)c1ccc2[nH]c(=O)oc2c1. The molecule has 6 heteroatoms. The fourth-order valence-corrected chi connectivity index (χ4v) is 2.41. The van der Waals surface area contributed by atoms with Crippen LogP contribution < -0.4 is 16.0 Å². The van der Waals surface area contributed by atoms with E-state index in [0.29, 0.717) is 5.58 Å². The molecule has 1 aliphatic rings. The molecule has 0 atom stereocenters. The van der Waals surface area contributed by atoms with E-state index in [-0.39, 0.29) is 0 Å². The summed E-state index contributed by atoms with van der Waals surface area (Å²) in [6.45, 7) is 5.08. The van der Waals surface area contributed by atoms with Crippen LogP contribution in [-0.4, -0.2) is 49.8 Å². The molecule has 1 fully saturated rings. The van der Waals surface area contributed by atoms with Crippen LogP contribution in [0.15, 0.2) is 27.4 Å². The number of piperazine rings is 1. The van der Waals surface area contributed by atoms with E-state index in [2.05, 4.69) is 20.1 Å². The van der Waals surface area contributed by atoms with Gasteiger partial charge in [-0.25, -0.2) is 4.79 Å². The van der Waals surface area contributed by atoms with Gasteiger partial charge in [-0.15, -0.1) is 0 Å². The molecule has 1 aromatic heterocycles. The summed E-state index contributed by atoms with van der Waals surface area (Å²) in [7, 11) is 2.05. The monoisotopic (exact) mass is 262 g/mol. The summed E-state index contributed by atoms with van der Waals surface area (Å²) in [5, 5.41) is 3.34. The summed E-state index contributed by atoms with van der Waals surface area (Å²) < 4.78 is 5.09. The molecule has 2 N–H and O–H groups in total. The minimum atomic E-state index is -0.406. The number of aromatic nitrogens is 1. The van der Waals surface area contributed by atoms with E-state index in [1.807, 2.05) is 25.2 Å². The number of oxazole rings is 1. The van der Waals surface area contributed by atoms with Crippen molar-refractivity contribution in [3.8, 4) is 0 Å². The molecule has 0 bridgehead atoms. The predicted molar refractivity (Wildman–Crippen MR) is 74.5 cm³/mol. The molecule has 0 saturated carbocycles. The number of hydrogen-bond donors (Lipinski definition) is 2. The van der Waals surface area contributed by atoms with Crippen molar-refractivity contribution in [1.29, 1.82) is 0 Å². The second-order valence-electron chi connectivity index (χ2n) is 4.90. The van der Waals surface area contributed by atoms with Crippen LogP contribution in [0.4, 0.5) is 5.69 Å². The summed E-state index contributed by atoms with van der Waals surface area (Å²) in [5.41, 5.74) is 2.40. The Labute approximate surface area is 111 Å². The molecule has 0 unspecified atom stereocenters. The quantitative estimate of drug-likeness (QED) is 0.839. The molecule has 1 saturated heterocycles. The van der Waals surface area contributed by atoms with E-state index in [1.54, 1.807) is 0 Å². The van der Waals surface area contributed by atoms with Crippen LogP contribution in [0.25, 0.3) is 11.1 Å². The van der Waals surface area contributed by atoms with Crippen LogP contribution in [0.5, 0.6) is 0 Å². The molecule has 2 aromatic rings. The Morgan fingerprint density at radius 1 is 1.37 bits per heavy atom. The van der Waals surface area contributed by atoms with Crippen LogP contribution in [0.2, 0.25) is 0 Å². The Hall–Kier alpha value is -1.79. The highest BCUT2D eigenvalue weighted by molar-refractivity contribution is 5.76. The molecule has 1 aromatic carbocycles. The second-order valence-corrected chi connectivity index (χ2v) is 4.90. The zero-order valence-corrected chi connectivity index (χ0v) is 11.0. The van der Waals surface area contributed by atoms with Crippen LogP contribution >= 0.6 is 0 Å². The molecular weight excluding hydrogens is 244 g/mol. The van der Waals surface area contributed by atoms with E-state index in [1.165, 1.54) is 0 Å². The van der Waals surface area contributed by atoms with Gasteiger partial charge in [0.15, 0.2) is 5.58 Å². The maximum absolute atomic E-state index is 11.1. The summed E-state index contributed by atoms with van der Waals surface area (Å²) in [4.78, 5) is 18.3. The lowest BCUT2D eigenvalue weighted by Gasteiger charge is -2.32. The molecule has 3 rings (SSSR count). The number of benzene rings is 1. The lowest BCUT2D eigenvalue weighted by atomic mass is 10.2. The average Bonchev–Trinajstić information content (AvgIpc) is 2.78. The molecule has 102 valence electrons. The van der Waals surface area contributed by atoms with Crippen LogP contribution in [0.3, 0.4) is 0 Å². The first kappa shape index (κ1) is 12.3. The van der Waals surface area contributed by atoms with Crippen molar-refractivity contribution in [2.45, 2.75) is 0 Å². The maximum atomic E-state index is 11.1. The number of nitrogens with one attached hydrogen (secondary N) is 2. The van der Waals surface area contributed by atoms with Crippen molar-refractivity contribution in [2.24, 2.45) is 0 Å². The first-order chi connectivity index (χ1) is 9.22. The molecule has 0 radical (unpaired) electrons. The standard InChI is InChI=1S/C13H18N4O2/c1-16(9-17-6-4-14-5-7-17)10-2-3-11-12(8-10)19-13(18)15-11/h2-3,8,14H,4-7,9H2,1H3,(H,15,18). The first-order valence-electron chi connectivity index (χ1n) is 6.49. The summed E-state index contributed by atoms with van der Waals surface area (Å²) in [6, 6.07) is 5.77. The Balaban J connectivity index is 1.76. The molecule has 6 nitrogen and oxygen atoms in total. The third kappa shape index (κ3) is 2.64. The molecular formula is C13H18N4O2. The smallest absolute Gasteiger partial charge is 0.408 e. The number of nitrogens with zero attached hydrogens (tertiary/aromatic N) is 2. The summed E-state index contributed by atoms with van der Waals surface area (Å²) >= 11 is 0. The van der Waals surface area contributed by atoms with Crippen molar-refractivity contribution < 1.29 is 4.42 Å². The summed E-state index contributed by atoms with van der Waals surface area (Å²) in [6.07, 6.45) is 0. The lowest BCUT2D eigenvalue weighted by Crippen LogP contribution is -2.47. The molecule has 0 aliphatic carbocycles. The number of H-pyrrole nitrogens is 1. The number of aromatic amines is 1. The fourth-order valence-electron chi connectivity index (χ4n) is 2.41. The number of fused-ring (bicyclic) bond motifs is 1. The van der Waals surface area contributed by atoms with Gasteiger partial charge in [-0.05, 0) is 12.1 Å². The van der Waals surface area contributed by atoms with Crippen molar-refractivity contribution in [2.75, 3.05) is 44.8 Å². The third-order valence-electron chi connectivity index (χ3n) is 3.47. The van der Waals surface area contributed by atoms with Crippen molar-refractivity contribution >= 4 is 16.8 Å². The van der Waals surface area contributed by atoms with Crippen LogP contribution in [0.1, 0.15) is 0 Å². The van der Waals surface area contributed by atoms with Gasteiger partial charge >= 0.3 is 5.76 Å². The highest BCUT2D eigenvalue weighted by Crippen LogP contribution is 2.19. The van der Waals surface area contributed by atoms with Crippen LogP contribution in [-0.2, 0) is 0 Å². The van der Waals surface area contributed by atoms with Crippen molar-refractivity contribution in [1.82, 2.24) is 15.2 Å². The van der Waals surface area contributed by atoms with Gasteiger partial charge in [0.05, 0.1) is 12.2 Å². The van der Waals surface area contributed by atoms with Gasteiger partial charge in [0.25, 0.3) is 0 Å². The highest BCUT2D eigenvalue weighted by Gasteiger charge is 2.12. The lowest BCUT2D eigenvalue weighted by molar-refractivity contribution is 0.243. The average molecular weight is 262 g/mol. The van der Waals surface area contributed by atoms with Crippen molar-refractivity contribution in [3.05, 3.63) is 28.7 Å². The topological polar surface area (TPSA) is 64.5 Å². The maximum Gasteiger partial charge on any atom is 0.417 e. The molecule has 0 amide bonds. The van der Waals surface area contributed by atoms with Gasteiger partial charge < -0.3 is 14.6 Å². The largest absolute Gasteiger partial charge is 0.417 e. The number of hydrogen-bond acceptors (Lipinski definition) is 5. The van der Waals surface area contributed by atoms with E-state index in [0.717, 1.165) is 44.1 Å². The Morgan fingerprint density at radius 2 is 2.16 bits per heavy atom.